The number of carbonyl (C=O) groups excluding carboxylic acids is 1. The average Bonchev–Trinajstić information content (AvgIpc) is 2.82. The first-order valence-electron chi connectivity index (χ1n) is 10.3. The average molecular weight is 444 g/mol. The molecule has 2 atom stereocenters. The van der Waals surface area contributed by atoms with Gasteiger partial charge in [-0.2, -0.15) is 0 Å². The lowest BCUT2D eigenvalue weighted by Gasteiger charge is -2.18. The molecule has 0 aliphatic carbocycles. The summed E-state index contributed by atoms with van der Waals surface area (Å²) in [5.74, 6) is -0.748. The number of pyridine rings is 1. The first kappa shape index (κ1) is 21.8. The van der Waals surface area contributed by atoms with Gasteiger partial charge in [0.15, 0.2) is 0 Å². The van der Waals surface area contributed by atoms with E-state index in [9.17, 15) is 9.90 Å². The van der Waals surface area contributed by atoms with Crippen LogP contribution >= 0.6 is 11.6 Å². The number of benzene rings is 3. The number of rotatable bonds is 6. The lowest BCUT2D eigenvalue weighted by molar-refractivity contribution is -0.142. The molecule has 0 saturated carbocycles. The third-order valence-electron chi connectivity index (χ3n) is 5.18. The summed E-state index contributed by atoms with van der Waals surface area (Å²) in [4.78, 5) is 17.1. The fourth-order valence-electron chi connectivity index (χ4n) is 3.34. The van der Waals surface area contributed by atoms with Crippen molar-refractivity contribution in [3.8, 4) is 5.75 Å². The van der Waals surface area contributed by atoms with Crippen molar-refractivity contribution in [1.82, 2.24) is 4.98 Å². The number of aliphatic hydroxyl groups is 1. The first-order chi connectivity index (χ1) is 15.5. The van der Waals surface area contributed by atoms with Crippen molar-refractivity contribution in [1.29, 1.82) is 0 Å². The second-order valence-electron chi connectivity index (χ2n) is 7.54. The van der Waals surface area contributed by atoms with E-state index in [0.717, 1.165) is 22.2 Å². The number of esters is 1. The molecule has 3 aromatic carbocycles. The molecule has 0 radical (unpaired) electrons. The predicted octanol–water partition coefficient (Wildman–Crippen LogP) is 6.33. The van der Waals surface area contributed by atoms with Gasteiger partial charge >= 0.3 is 5.97 Å². The smallest absolute Gasteiger partial charge is 0.317 e. The third-order valence-corrected chi connectivity index (χ3v) is 5.42. The number of para-hydroxylation sites is 1. The second-order valence-corrected chi connectivity index (χ2v) is 7.98. The molecule has 0 fully saturated rings. The molecule has 1 heterocycles. The van der Waals surface area contributed by atoms with E-state index in [2.05, 4.69) is 4.98 Å². The van der Waals surface area contributed by atoms with E-state index >= 15 is 0 Å². The van der Waals surface area contributed by atoms with E-state index in [1.54, 1.807) is 37.3 Å². The standard InChI is InChI=1S/C27H22ClNO3/c1-18(27(31)32-24-8-3-2-4-9-24)26(30)21-7-5-6-19(16-21)10-14-23-15-12-20-11-13-22(28)17-25(20)29-23/h2-18,26,30H,1H3/b14-10+/t18?,26-/m0/s1. The molecule has 5 heteroatoms. The van der Waals surface area contributed by atoms with Gasteiger partial charge in [-0.1, -0.05) is 66.2 Å². The summed E-state index contributed by atoms with van der Waals surface area (Å²) in [6, 6.07) is 25.8. The fourth-order valence-corrected chi connectivity index (χ4v) is 3.51. The minimum atomic E-state index is -0.986. The maximum atomic E-state index is 12.4. The van der Waals surface area contributed by atoms with Gasteiger partial charge in [-0.25, -0.2) is 4.98 Å². The maximum absolute atomic E-state index is 12.4. The summed E-state index contributed by atoms with van der Waals surface area (Å²) in [6.07, 6.45) is 2.83. The van der Waals surface area contributed by atoms with Gasteiger partial charge < -0.3 is 9.84 Å². The van der Waals surface area contributed by atoms with E-state index in [0.29, 0.717) is 16.3 Å². The monoisotopic (exact) mass is 443 g/mol. The molecule has 0 amide bonds. The zero-order valence-corrected chi connectivity index (χ0v) is 18.2. The van der Waals surface area contributed by atoms with E-state index in [-0.39, 0.29) is 0 Å². The molecular weight excluding hydrogens is 422 g/mol. The Bertz CT molecular complexity index is 1270. The molecule has 160 valence electrons. The van der Waals surface area contributed by atoms with Gasteiger partial charge in [-0.05, 0) is 60.5 Å². The zero-order chi connectivity index (χ0) is 22.5. The number of ether oxygens (including phenoxy) is 1. The number of fused-ring (bicyclic) bond motifs is 1. The molecular formula is C27H22ClNO3. The van der Waals surface area contributed by atoms with Gasteiger partial charge in [0.25, 0.3) is 0 Å². The Kier molecular flexibility index (Phi) is 6.64. The number of aliphatic hydroxyl groups excluding tert-OH is 1. The summed E-state index contributed by atoms with van der Waals surface area (Å²) in [6.45, 7) is 1.66. The molecule has 4 aromatic rings. The van der Waals surface area contributed by atoms with Gasteiger partial charge in [0, 0.05) is 10.4 Å². The first-order valence-corrected chi connectivity index (χ1v) is 10.7. The number of hydrogen-bond acceptors (Lipinski definition) is 4. The summed E-state index contributed by atoms with van der Waals surface area (Å²) >= 11 is 6.07. The molecule has 0 spiro atoms. The number of carbonyl (C=O) groups is 1. The largest absolute Gasteiger partial charge is 0.426 e. The number of halogens is 1. The van der Waals surface area contributed by atoms with Crippen LogP contribution in [0.15, 0.2) is 84.9 Å². The van der Waals surface area contributed by atoms with Crippen LogP contribution < -0.4 is 4.74 Å². The molecule has 4 rings (SSSR count). The van der Waals surface area contributed by atoms with Crippen LogP contribution in [-0.2, 0) is 4.79 Å². The molecule has 0 saturated heterocycles. The predicted molar refractivity (Wildman–Crippen MR) is 128 cm³/mol. The molecule has 1 unspecified atom stereocenters. The Labute approximate surface area is 191 Å². The lowest BCUT2D eigenvalue weighted by Crippen LogP contribution is -2.24. The topological polar surface area (TPSA) is 59.4 Å². The van der Waals surface area contributed by atoms with Gasteiger partial charge in [0.05, 0.1) is 23.2 Å². The Morgan fingerprint density at radius 2 is 1.75 bits per heavy atom. The van der Waals surface area contributed by atoms with Crippen LogP contribution in [0.25, 0.3) is 23.1 Å². The SMILES string of the molecule is CC(C(=O)Oc1ccccc1)[C@H](O)c1cccc(/C=C/c2ccc3ccc(Cl)cc3n2)c1. The quantitative estimate of drug-likeness (QED) is 0.279. The number of aromatic nitrogens is 1. The van der Waals surface area contributed by atoms with Crippen molar-refractivity contribution < 1.29 is 14.6 Å². The van der Waals surface area contributed by atoms with Gasteiger partial charge in [-0.15, -0.1) is 0 Å². The molecule has 1 aromatic heterocycles. The van der Waals surface area contributed by atoms with Crippen LogP contribution in [0.1, 0.15) is 29.8 Å². The highest BCUT2D eigenvalue weighted by molar-refractivity contribution is 6.31. The maximum Gasteiger partial charge on any atom is 0.317 e. The Morgan fingerprint density at radius 3 is 2.56 bits per heavy atom. The molecule has 4 nitrogen and oxygen atoms in total. The van der Waals surface area contributed by atoms with Crippen LogP contribution in [0.2, 0.25) is 5.02 Å². The fraction of sp³-hybridized carbons (Fsp3) is 0.111. The highest BCUT2D eigenvalue weighted by Crippen LogP contribution is 2.25. The van der Waals surface area contributed by atoms with Crippen molar-refractivity contribution in [3.63, 3.8) is 0 Å². The Hall–Kier alpha value is -3.47. The van der Waals surface area contributed by atoms with Crippen molar-refractivity contribution in [2.45, 2.75) is 13.0 Å². The zero-order valence-electron chi connectivity index (χ0n) is 17.5. The minimum Gasteiger partial charge on any atom is -0.426 e. The Balaban J connectivity index is 1.48. The number of hydrogen-bond donors (Lipinski definition) is 1. The molecule has 0 aliphatic heterocycles. The van der Waals surface area contributed by atoms with Crippen LogP contribution in [-0.4, -0.2) is 16.1 Å². The molecule has 32 heavy (non-hydrogen) atoms. The summed E-state index contributed by atoms with van der Waals surface area (Å²) in [5, 5.41) is 12.4. The summed E-state index contributed by atoms with van der Waals surface area (Å²) < 4.78 is 5.37. The van der Waals surface area contributed by atoms with Crippen molar-refractivity contribution >= 4 is 40.6 Å². The van der Waals surface area contributed by atoms with Crippen LogP contribution in [0.3, 0.4) is 0 Å². The Morgan fingerprint density at radius 1 is 0.969 bits per heavy atom. The van der Waals surface area contributed by atoms with Gasteiger partial charge in [0.2, 0.25) is 0 Å². The van der Waals surface area contributed by atoms with Crippen molar-refractivity contribution in [2.75, 3.05) is 0 Å². The highest BCUT2D eigenvalue weighted by Gasteiger charge is 2.25. The molecule has 0 aliphatic rings. The molecule has 1 N–H and O–H groups in total. The highest BCUT2D eigenvalue weighted by atomic mass is 35.5. The van der Waals surface area contributed by atoms with Crippen LogP contribution in [0.4, 0.5) is 0 Å². The van der Waals surface area contributed by atoms with Crippen LogP contribution in [0.5, 0.6) is 5.75 Å². The van der Waals surface area contributed by atoms with Crippen molar-refractivity contribution in [3.05, 3.63) is 107 Å². The number of nitrogens with zero attached hydrogens (tertiary/aromatic N) is 1. The summed E-state index contributed by atoms with van der Waals surface area (Å²) in [5.41, 5.74) is 3.15. The van der Waals surface area contributed by atoms with Gasteiger partial charge in [-0.3, -0.25) is 4.79 Å². The lowest BCUT2D eigenvalue weighted by atomic mass is 9.96. The normalized spacial score (nSPS) is 13.2. The van der Waals surface area contributed by atoms with E-state index in [1.165, 1.54) is 0 Å². The van der Waals surface area contributed by atoms with Crippen LogP contribution in [0, 0.1) is 5.92 Å². The van der Waals surface area contributed by atoms with Crippen molar-refractivity contribution in [2.24, 2.45) is 5.92 Å². The van der Waals surface area contributed by atoms with E-state index in [4.69, 9.17) is 16.3 Å². The van der Waals surface area contributed by atoms with E-state index in [1.807, 2.05) is 66.7 Å². The third kappa shape index (κ3) is 5.22. The minimum absolute atomic E-state index is 0.456. The second kappa shape index (κ2) is 9.77. The molecule has 0 bridgehead atoms. The van der Waals surface area contributed by atoms with Gasteiger partial charge in [0.1, 0.15) is 5.75 Å². The summed E-state index contributed by atoms with van der Waals surface area (Å²) in [7, 11) is 0. The van der Waals surface area contributed by atoms with E-state index < -0.39 is 18.0 Å².